The number of pyridine rings is 1. The van der Waals surface area contributed by atoms with Crippen LogP contribution in [0.5, 0.6) is 0 Å². The highest BCUT2D eigenvalue weighted by Gasteiger charge is 2.38. The molecule has 1 aromatic heterocycles. The van der Waals surface area contributed by atoms with Crippen LogP contribution in [0.3, 0.4) is 0 Å². The monoisotopic (exact) mass is 270 g/mol. The smallest absolute Gasteiger partial charge is 0.161 e. The van der Waals surface area contributed by atoms with E-state index < -0.39 is 0 Å². The van der Waals surface area contributed by atoms with Crippen molar-refractivity contribution in [2.75, 3.05) is 5.32 Å². The van der Waals surface area contributed by atoms with Crippen molar-refractivity contribution in [3.8, 4) is 0 Å². The van der Waals surface area contributed by atoms with Gasteiger partial charge in [0.2, 0.25) is 0 Å². The Bertz CT molecular complexity index is 622. The highest BCUT2D eigenvalue weighted by atomic mass is 19.1. The van der Waals surface area contributed by atoms with E-state index in [2.05, 4.69) is 10.3 Å². The molecule has 102 valence electrons. The zero-order valence-electron chi connectivity index (χ0n) is 11.1. The molecule has 20 heavy (non-hydrogen) atoms. The zero-order valence-corrected chi connectivity index (χ0v) is 11.1. The molecule has 3 rings (SSSR count). The van der Waals surface area contributed by atoms with Crippen molar-refractivity contribution in [2.45, 2.75) is 25.3 Å². The normalized spacial score (nSPS) is 20.5. The third-order valence-corrected chi connectivity index (χ3v) is 3.59. The van der Waals surface area contributed by atoms with Crippen molar-refractivity contribution in [2.24, 2.45) is 0 Å². The first-order valence-electron chi connectivity index (χ1n) is 6.62. The summed E-state index contributed by atoms with van der Waals surface area (Å²) in [4.78, 5) is 15.4. The minimum atomic E-state index is -0.208. The molecule has 1 aromatic carbocycles. The minimum Gasteiger partial charge on any atom is -0.367 e. The van der Waals surface area contributed by atoms with Gasteiger partial charge in [-0.1, -0.05) is 12.1 Å². The summed E-state index contributed by atoms with van der Waals surface area (Å²) in [5.41, 5.74) is 1.76. The van der Waals surface area contributed by atoms with Crippen molar-refractivity contribution in [3.05, 3.63) is 59.5 Å². The van der Waals surface area contributed by atoms with E-state index in [1.54, 1.807) is 12.3 Å². The lowest BCUT2D eigenvalue weighted by Gasteiger charge is -2.05. The third-order valence-electron chi connectivity index (χ3n) is 3.59. The van der Waals surface area contributed by atoms with Crippen molar-refractivity contribution in [1.29, 1.82) is 0 Å². The van der Waals surface area contributed by atoms with Crippen LogP contribution in [-0.2, 0) is 0 Å². The molecule has 1 fully saturated rings. The summed E-state index contributed by atoms with van der Waals surface area (Å²) in [5.74, 6) is 0.981. The predicted molar refractivity (Wildman–Crippen MR) is 75.4 cm³/mol. The molecular weight excluding hydrogens is 255 g/mol. The summed E-state index contributed by atoms with van der Waals surface area (Å²) in [6, 6.07) is 10.6. The van der Waals surface area contributed by atoms with Crippen LogP contribution in [0, 0.1) is 5.82 Å². The first-order valence-corrected chi connectivity index (χ1v) is 6.62. The molecule has 1 aliphatic rings. The number of nitrogens with one attached hydrogen (secondary N) is 1. The number of benzene rings is 1. The Morgan fingerprint density at radius 3 is 2.60 bits per heavy atom. The average Bonchev–Trinajstić information content (AvgIpc) is 3.19. The van der Waals surface area contributed by atoms with Gasteiger partial charge in [0, 0.05) is 23.7 Å². The number of anilines is 1. The number of aromatic nitrogens is 1. The van der Waals surface area contributed by atoms with Crippen molar-refractivity contribution in [3.63, 3.8) is 0 Å². The van der Waals surface area contributed by atoms with E-state index in [-0.39, 0.29) is 11.6 Å². The summed E-state index contributed by atoms with van der Waals surface area (Å²) < 4.78 is 12.9. The van der Waals surface area contributed by atoms with Crippen molar-refractivity contribution >= 4 is 11.6 Å². The summed E-state index contributed by atoms with van der Waals surface area (Å²) in [6.07, 6.45) is 2.60. The van der Waals surface area contributed by atoms with Crippen LogP contribution < -0.4 is 5.32 Å². The molecule has 1 N–H and O–H groups in total. The molecule has 0 saturated heterocycles. The van der Waals surface area contributed by atoms with Gasteiger partial charge in [-0.2, -0.15) is 0 Å². The van der Waals surface area contributed by atoms with Gasteiger partial charge < -0.3 is 5.32 Å². The zero-order chi connectivity index (χ0) is 14.1. The number of rotatable bonds is 4. The lowest BCUT2D eigenvalue weighted by Crippen LogP contribution is -2.06. The Balaban J connectivity index is 1.63. The van der Waals surface area contributed by atoms with E-state index in [0.29, 0.717) is 17.5 Å². The van der Waals surface area contributed by atoms with E-state index >= 15 is 0 Å². The second kappa shape index (κ2) is 5.04. The number of hydrogen-bond acceptors (Lipinski definition) is 3. The van der Waals surface area contributed by atoms with Gasteiger partial charge in [0.25, 0.3) is 0 Å². The molecule has 2 aromatic rings. The topological polar surface area (TPSA) is 42.0 Å². The Morgan fingerprint density at radius 2 is 2.00 bits per heavy atom. The van der Waals surface area contributed by atoms with Gasteiger partial charge >= 0.3 is 0 Å². The minimum absolute atomic E-state index is 0.0136. The van der Waals surface area contributed by atoms with Crippen molar-refractivity contribution < 1.29 is 9.18 Å². The summed E-state index contributed by atoms with van der Waals surface area (Å²) >= 11 is 0. The Kier molecular flexibility index (Phi) is 3.22. The lowest BCUT2D eigenvalue weighted by molar-refractivity contribution is 0.101. The Hall–Kier alpha value is -2.23. The lowest BCUT2D eigenvalue weighted by atomic mass is 10.1. The number of Topliss-reactive ketones (excluding diaryl/α,β-unsaturated/α-hetero) is 1. The quantitative estimate of drug-likeness (QED) is 0.866. The molecule has 1 heterocycles. The molecule has 3 nitrogen and oxygen atoms in total. The molecule has 0 unspecified atom stereocenters. The number of carbonyl (C=O) groups is 1. The van der Waals surface area contributed by atoms with Crippen LogP contribution in [0.1, 0.15) is 35.2 Å². The Morgan fingerprint density at radius 1 is 1.25 bits per heavy atom. The van der Waals surface area contributed by atoms with Crippen LogP contribution in [0.15, 0.2) is 42.6 Å². The van der Waals surface area contributed by atoms with Crippen LogP contribution in [-0.4, -0.2) is 16.8 Å². The highest BCUT2D eigenvalue weighted by molar-refractivity contribution is 5.93. The molecule has 1 saturated carbocycles. The number of nitrogens with zero attached hydrogens (tertiary/aromatic N) is 1. The molecule has 0 amide bonds. The molecule has 2 atom stereocenters. The van der Waals surface area contributed by atoms with Crippen LogP contribution in [0.2, 0.25) is 0 Å². The average molecular weight is 270 g/mol. The van der Waals surface area contributed by atoms with E-state index in [0.717, 1.165) is 17.8 Å². The summed E-state index contributed by atoms with van der Waals surface area (Å²) in [7, 11) is 0. The Labute approximate surface area is 116 Å². The van der Waals surface area contributed by atoms with Gasteiger partial charge in [0.05, 0.1) is 0 Å². The number of carbonyl (C=O) groups excluding carboxylic acids is 1. The summed E-state index contributed by atoms with van der Waals surface area (Å²) in [5, 5.41) is 3.33. The van der Waals surface area contributed by atoms with Crippen molar-refractivity contribution in [1.82, 2.24) is 4.98 Å². The second-order valence-electron chi connectivity index (χ2n) is 5.13. The largest absolute Gasteiger partial charge is 0.367 e. The maximum absolute atomic E-state index is 12.9. The molecule has 4 heteroatoms. The first-order chi connectivity index (χ1) is 9.63. The van der Waals surface area contributed by atoms with Gasteiger partial charge in [-0.25, -0.2) is 9.37 Å². The van der Waals surface area contributed by atoms with Crippen LogP contribution in [0.25, 0.3) is 0 Å². The first kappa shape index (κ1) is 12.8. The van der Waals surface area contributed by atoms with E-state index in [4.69, 9.17) is 0 Å². The third kappa shape index (κ3) is 2.69. The fourth-order valence-electron chi connectivity index (χ4n) is 2.31. The van der Waals surface area contributed by atoms with Gasteiger partial charge in [-0.3, -0.25) is 4.79 Å². The van der Waals surface area contributed by atoms with Gasteiger partial charge in [0.1, 0.15) is 11.6 Å². The molecule has 1 aliphatic carbocycles. The molecule has 0 aliphatic heterocycles. The molecule has 0 bridgehead atoms. The SMILES string of the molecule is CC(=O)c1ccc(N[C@@H]2C[C@H]2c2ccc(F)cc2)nc1. The fraction of sp³-hybridized carbons (Fsp3) is 0.250. The van der Waals surface area contributed by atoms with Crippen LogP contribution >= 0.6 is 0 Å². The highest BCUT2D eigenvalue weighted by Crippen LogP contribution is 2.42. The fourth-order valence-corrected chi connectivity index (χ4v) is 2.31. The maximum Gasteiger partial charge on any atom is 0.161 e. The van der Waals surface area contributed by atoms with E-state index in [1.165, 1.54) is 19.1 Å². The van der Waals surface area contributed by atoms with E-state index in [1.807, 2.05) is 18.2 Å². The molecular formula is C16H15FN2O. The number of ketones is 1. The van der Waals surface area contributed by atoms with E-state index in [9.17, 15) is 9.18 Å². The summed E-state index contributed by atoms with van der Waals surface area (Å²) in [6.45, 7) is 1.52. The van der Waals surface area contributed by atoms with Crippen LogP contribution in [0.4, 0.5) is 10.2 Å². The molecule has 0 radical (unpaired) electrons. The predicted octanol–water partition coefficient (Wildman–Crippen LogP) is 3.39. The number of halogens is 1. The molecule has 0 spiro atoms. The number of hydrogen-bond donors (Lipinski definition) is 1. The van der Waals surface area contributed by atoms with Gasteiger partial charge in [-0.05, 0) is 43.2 Å². The standard InChI is InChI=1S/C16H15FN2O/c1-10(20)12-4-7-16(18-9-12)19-15-8-14(15)11-2-5-13(17)6-3-11/h2-7,9,14-15H,8H2,1H3,(H,18,19)/t14-,15+/m0/s1. The maximum atomic E-state index is 12.9. The van der Waals surface area contributed by atoms with Gasteiger partial charge in [0.15, 0.2) is 5.78 Å². The van der Waals surface area contributed by atoms with Gasteiger partial charge in [-0.15, -0.1) is 0 Å². The second-order valence-corrected chi connectivity index (χ2v) is 5.13.